The minimum atomic E-state index is -1.74. The van der Waals surface area contributed by atoms with Crippen LogP contribution in [0.1, 0.15) is 36.2 Å². The molecule has 3 heterocycles. The first-order valence-corrected chi connectivity index (χ1v) is 8.56. The Balaban J connectivity index is 1.55. The van der Waals surface area contributed by atoms with E-state index in [0.717, 1.165) is 18.8 Å². The van der Waals surface area contributed by atoms with Crippen molar-refractivity contribution in [1.82, 2.24) is 15.2 Å². The van der Waals surface area contributed by atoms with E-state index >= 15 is 0 Å². The number of hydrogen-bond acceptors (Lipinski definition) is 4. The third-order valence-electron chi connectivity index (χ3n) is 4.80. The first kappa shape index (κ1) is 17.4. The fourth-order valence-corrected chi connectivity index (χ4v) is 3.56. The number of carbonyl (C=O) groups is 1. The van der Waals surface area contributed by atoms with Crippen molar-refractivity contribution in [2.45, 2.75) is 37.0 Å². The highest BCUT2D eigenvalue weighted by Gasteiger charge is 2.26. The molecule has 0 aliphatic carbocycles. The summed E-state index contributed by atoms with van der Waals surface area (Å²) in [6, 6.07) is 4.29. The maximum absolute atomic E-state index is 11.9. The molecule has 1 aromatic rings. The summed E-state index contributed by atoms with van der Waals surface area (Å²) in [5, 5.41) is 0.543. The van der Waals surface area contributed by atoms with Crippen LogP contribution in [0, 0.1) is 0 Å². The van der Waals surface area contributed by atoms with Crippen molar-refractivity contribution < 1.29 is 4.79 Å². The Morgan fingerprint density at radius 3 is 2.33 bits per heavy atom. The van der Waals surface area contributed by atoms with Crippen molar-refractivity contribution >= 4 is 35.1 Å². The van der Waals surface area contributed by atoms with Crippen molar-refractivity contribution in [3.8, 4) is 0 Å². The molecular formula is C16H21B3N4O. The van der Waals surface area contributed by atoms with Gasteiger partial charge in [0, 0.05) is 19.1 Å². The van der Waals surface area contributed by atoms with Gasteiger partial charge in [-0.15, -0.1) is 0 Å². The summed E-state index contributed by atoms with van der Waals surface area (Å²) in [6.07, 6.45) is 6.75. The Bertz CT molecular complexity index is 562. The molecule has 24 heavy (non-hydrogen) atoms. The number of amides is 1. The van der Waals surface area contributed by atoms with Gasteiger partial charge in [-0.05, 0) is 50.9 Å². The Kier molecular flexibility index (Phi) is 5.23. The molecule has 0 aromatic carbocycles. The van der Waals surface area contributed by atoms with Crippen LogP contribution in [-0.2, 0) is 0 Å². The van der Waals surface area contributed by atoms with Gasteiger partial charge in [0.15, 0.2) is 0 Å². The summed E-state index contributed by atoms with van der Waals surface area (Å²) in [7, 11) is 16.1. The molecule has 0 unspecified atom stereocenters. The molecule has 3 rings (SSSR count). The third kappa shape index (κ3) is 4.35. The lowest BCUT2D eigenvalue weighted by Gasteiger charge is -2.37. The maximum Gasteiger partial charge on any atom is 0.268 e. The Hall–Kier alpha value is -1.43. The van der Waals surface area contributed by atoms with E-state index in [0.29, 0.717) is 6.04 Å². The number of carbonyl (C=O) groups excluding carboxylic acids is 1. The number of anilines is 1. The number of piperidine rings is 1. The van der Waals surface area contributed by atoms with Crippen LogP contribution >= 0.6 is 0 Å². The van der Waals surface area contributed by atoms with Crippen LogP contribution in [0.4, 0.5) is 5.69 Å². The second-order valence-corrected chi connectivity index (χ2v) is 6.75. The van der Waals surface area contributed by atoms with Gasteiger partial charge in [0.1, 0.15) is 5.69 Å². The molecule has 1 aromatic heterocycles. The number of hydrogen-bond donors (Lipinski definition) is 1. The Morgan fingerprint density at radius 1 is 1.12 bits per heavy atom. The minimum Gasteiger partial charge on any atom is -0.371 e. The van der Waals surface area contributed by atoms with Gasteiger partial charge in [-0.1, -0.05) is 5.24 Å². The van der Waals surface area contributed by atoms with E-state index in [4.69, 9.17) is 23.5 Å². The summed E-state index contributed by atoms with van der Waals surface area (Å²) >= 11 is 0. The molecule has 1 N–H and O–H groups in total. The fraction of sp³-hybridized carbons (Fsp3) is 0.625. The highest BCUT2D eigenvalue weighted by molar-refractivity contribution is 6.60. The SMILES string of the molecule is [B]C([B])([B])NC(=O)c1ccc(N2CCC(N3CCCC3)CC2)cn1. The van der Waals surface area contributed by atoms with Crippen LogP contribution in [0.25, 0.3) is 0 Å². The van der Waals surface area contributed by atoms with Gasteiger partial charge < -0.3 is 15.1 Å². The molecule has 0 atom stereocenters. The first-order chi connectivity index (χ1) is 11.4. The minimum absolute atomic E-state index is 0.247. The molecule has 0 saturated carbocycles. The van der Waals surface area contributed by atoms with Crippen molar-refractivity contribution in [1.29, 1.82) is 0 Å². The second kappa shape index (κ2) is 7.22. The number of nitrogens with zero attached hydrogens (tertiary/aromatic N) is 3. The second-order valence-electron chi connectivity index (χ2n) is 6.75. The third-order valence-corrected chi connectivity index (χ3v) is 4.80. The van der Waals surface area contributed by atoms with E-state index in [2.05, 4.69) is 20.1 Å². The summed E-state index contributed by atoms with van der Waals surface area (Å²) in [5.74, 6) is -0.484. The smallest absolute Gasteiger partial charge is 0.268 e. The molecule has 0 spiro atoms. The van der Waals surface area contributed by atoms with Gasteiger partial charge in [0.2, 0.25) is 0 Å². The summed E-state index contributed by atoms with van der Waals surface area (Å²) in [4.78, 5) is 21.1. The highest BCUT2D eigenvalue weighted by Crippen LogP contribution is 2.24. The largest absolute Gasteiger partial charge is 0.371 e. The molecule has 6 radical (unpaired) electrons. The molecule has 2 fully saturated rings. The monoisotopic (exact) mass is 318 g/mol. The van der Waals surface area contributed by atoms with Crippen LogP contribution in [-0.4, -0.2) is 76.8 Å². The molecular weight excluding hydrogens is 297 g/mol. The van der Waals surface area contributed by atoms with Crippen molar-refractivity contribution in [3.05, 3.63) is 24.0 Å². The summed E-state index contributed by atoms with van der Waals surface area (Å²) in [5.41, 5.74) is 1.28. The summed E-state index contributed by atoms with van der Waals surface area (Å²) in [6.45, 7) is 4.54. The molecule has 2 aliphatic rings. The predicted molar refractivity (Wildman–Crippen MR) is 97.7 cm³/mol. The Morgan fingerprint density at radius 2 is 1.79 bits per heavy atom. The standard InChI is InChI=1S/C16H21B3N4O/c17-16(18,19)21-15(24)14-4-3-13(11-20-14)23-9-5-12(6-10-23)22-7-1-2-8-22/h3-4,11-12H,1-2,5-10H2,(H,21,24). The molecule has 2 saturated heterocycles. The predicted octanol–water partition coefficient (Wildman–Crippen LogP) is -0.00720. The van der Waals surface area contributed by atoms with Gasteiger partial charge in [-0.2, -0.15) is 0 Å². The Labute approximate surface area is 147 Å². The van der Waals surface area contributed by atoms with Crippen LogP contribution in [0.15, 0.2) is 18.3 Å². The molecule has 1 amide bonds. The number of pyridine rings is 1. The van der Waals surface area contributed by atoms with Gasteiger partial charge in [0.25, 0.3) is 5.91 Å². The van der Waals surface area contributed by atoms with Gasteiger partial charge in [0.05, 0.1) is 35.4 Å². The van der Waals surface area contributed by atoms with E-state index in [-0.39, 0.29) is 5.69 Å². The summed E-state index contributed by atoms with van der Waals surface area (Å²) < 4.78 is 0. The zero-order valence-electron chi connectivity index (χ0n) is 13.9. The highest BCUT2D eigenvalue weighted by atomic mass is 16.1. The zero-order chi connectivity index (χ0) is 17.2. The average Bonchev–Trinajstić information content (AvgIpc) is 3.08. The van der Waals surface area contributed by atoms with Gasteiger partial charge in [-0.25, -0.2) is 4.98 Å². The van der Waals surface area contributed by atoms with Crippen LogP contribution < -0.4 is 10.2 Å². The lowest BCUT2D eigenvalue weighted by atomic mass is 9.49. The van der Waals surface area contributed by atoms with Gasteiger partial charge >= 0.3 is 0 Å². The van der Waals surface area contributed by atoms with E-state index < -0.39 is 11.1 Å². The number of aromatic nitrogens is 1. The van der Waals surface area contributed by atoms with E-state index in [9.17, 15) is 4.79 Å². The molecule has 120 valence electrons. The van der Waals surface area contributed by atoms with Crippen LogP contribution in [0.2, 0.25) is 0 Å². The molecule has 2 aliphatic heterocycles. The number of nitrogens with one attached hydrogen (secondary N) is 1. The first-order valence-electron chi connectivity index (χ1n) is 8.56. The maximum atomic E-state index is 11.9. The molecule has 0 bridgehead atoms. The van der Waals surface area contributed by atoms with Crippen molar-refractivity contribution in [2.24, 2.45) is 0 Å². The van der Waals surface area contributed by atoms with E-state index in [1.54, 1.807) is 12.3 Å². The fourth-order valence-electron chi connectivity index (χ4n) is 3.56. The average molecular weight is 318 g/mol. The molecule has 5 nitrogen and oxygen atoms in total. The quantitative estimate of drug-likeness (QED) is 0.794. The van der Waals surface area contributed by atoms with Crippen molar-refractivity contribution in [2.75, 3.05) is 31.1 Å². The molecule has 8 heteroatoms. The lowest BCUT2D eigenvalue weighted by molar-refractivity contribution is 0.0947. The topological polar surface area (TPSA) is 48.5 Å². The van der Waals surface area contributed by atoms with Crippen LogP contribution in [0.5, 0.6) is 0 Å². The van der Waals surface area contributed by atoms with Crippen LogP contribution in [0.3, 0.4) is 0 Å². The van der Waals surface area contributed by atoms with E-state index in [1.165, 1.54) is 38.8 Å². The van der Waals surface area contributed by atoms with Crippen molar-refractivity contribution in [3.63, 3.8) is 0 Å². The lowest BCUT2D eigenvalue weighted by Crippen LogP contribution is -2.50. The van der Waals surface area contributed by atoms with Gasteiger partial charge in [-0.3, -0.25) is 4.79 Å². The number of likely N-dealkylation sites (tertiary alicyclic amines) is 1. The van der Waals surface area contributed by atoms with E-state index in [1.807, 2.05) is 6.07 Å². The normalized spacial score (nSPS) is 20.2. The number of rotatable bonds is 4. The zero-order valence-corrected chi connectivity index (χ0v) is 13.9.